The Balaban J connectivity index is 2.20. The van der Waals surface area contributed by atoms with Crippen LogP contribution < -0.4 is 5.32 Å². The van der Waals surface area contributed by atoms with Crippen LogP contribution in [0.3, 0.4) is 0 Å². The third kappa shape index (κ3) is 2.47. The van der Waals surface area contributed by atoms with Gasteiger partial charge in [0, 0.05) is 7.05 Å². The highest BCUT2D eigenvalue weighted by Crippen LogP contribution is 2.07. The van der Waals surface area contributed by atoms with Crippen molar-refractivity contribution in [1.29, 1.82) is 0 Å². The minimum atomic E-state index is -0.635. The van der Waals surface area contributed by atoms with Crippen molar-refractivity contribution >= 4 is 11.7 Å². The van der Waals surface area contributed by atoms with E-state index in [1.165, 1.54) is 22.9 Å². The lowest BCUT2D eigenvalue weighted by Gasteiger charge is -2.03. The van der Waals surface area contributed by atoms with Gasteiger partial charge in [-0.1, -0.05) is 6.07 Å². The number of rotatable bonds is 2. The van der Waals surface area contributed by atoms with Gasteiger partial charge in [0.1, 0.15) is 11.5 Å². The van der Waals surface area contributed by atoms with Crippen molar-refractivity contribution in [2.24, 2.45) is 7.05 Å². The van der Waals surface area contributed by atoms with Crippen molar-refractivity contribution in [3.05, 3.63) is 41.6 Å². The second-order valence-corrected chi connectivity index (χ2v) is 3.59. The lowest BCUT2D eigenvalue weighted by molar-refractivity contribution is 0.101. The Morgan fingerprint density at radius 2 is 2.24 bits per heavy atom. The average molecular weight is 234 g/mol. The van der Waals surface area contributed by atoms with Gasteiger partial charge in [-0.05, 0) is 25.1 Å². The van der Waals surface area contributed by atoms with Gasteiger partial charge in [0.25, 0.3) is 5.91 Å². The van der Waals surface area contributed by atoms with E-state index >= 15 is 0 Å². The summed E-state index contributed by atoms with van der Waals surface area (Å²) >= 11 is 0. The molecular weight excluding hydrogens is 223 g/mol. The SMILES string of the molecule is Cc1cc(C(=O)Nc2cccc(F)n2)n(C)n1. The van der Waals surface area contributed by atoms with E-state index in [2.05, 4.69) is 15.4 Å². The smallest absolute Gasteiger partial charge is 0.275 e. The predicted molar refractivity (Wildman–Crippen MR) is 60.1 cm³/mol. The molecule has 0 aliphatic rings. The molecule has 2 heterocycles. The molecule has 0 saturated heterocycles. The first-order valence-corrected chi connectivity index (χ1v) is 5.01. The number of anilines is 1. The van der Waals surface area contributed by atoms with E-state index < -0.39 is 5.95 Å². The Kier molecular flexibility index (Phi) is 2.86. The number of nitrogens with zero attached hydrogens (tertiary/aromatic N) is 3. The zero-order valence-corrected chi connectivity index (χ0v) is 9.44. The fourth-order valence-corrected chi connectivity index (χ4v) is 1.48. The number of pyridine rings is 1. The topological polar surface area (TPSA) is 59.8 Å². The Morgan fingerprint density at radius 1 is 1.47 bits per heavy atom. The molecule has 2 rings (SSSR count). The van der Waals surface area contributed by atoms with Crippen molar-refractivity contribution in [3.63, 3.8) is 0 Å². The minimum Gasteiger partial charge on any atom is -0.305 e. The van der Waals surface area contributed by atoms with Crippen LogP contribution in [0.4, 0.5) is 10.2 Å². The van der Waals surface area contributed by atoms with Gasteiger partial charge in [0.15, 0.2) is 0 Å². The molecule has 2 aromatic rings. The second kappa shape index (κ2) is 4.32. The maximum absolute atomic E-state index is 12.8. The van der Waals surface area contributed by atoms with Gasteiger partial charge in [0.2, 0.25) is 5.95 Å². The summed E-state index contributed by atoms with van der Waals surface area (Å²) in [4.78, 5) is 15.4. The van der Waals surface area contributed by atoms with E-state index in [0.29, 0.717) is 5.69 Å². The maximum Gasteiger partial charge on any atom is 0.275 e. The van der Waals surface area contributed by atoms with E-state index in [1.54, 1.807) is 20.0 Å². The fraction of sp³-hybridized carbons (Fsp3) is 0.182. The summed E-state index contributed by atoms with van der Waals surface area (Å²) in [6.07, 6.45) is 0. The number of amides is 1. The molecule has 5 nitrogen and oxygen atoms in total. The molecule has 0 spiro atoms. The van der Waals surface area contributed by atoms with E-state index in [0.717, 1.165) is 5.69 Å². The predicted octanol–water partition coefficient (Wildman–Crippen LogP) is 1.51. The fourth-order valence-electron chi connectivity index (χ4n) is 1.48. The van der Waals surface area contributed by atoms with Crippen LogP contribution in [-0.4, -0.2) is 20.7 Å². The van der Waals surface area contributed by atoms with Gasteiger partial charge in [-0.3, -0.25) is 9.48 Å². The van der Waals surface area contributed by atoms with Crippen molar-refractivity contribution < 1.29 is 9.18 Å². The standard InChI is InChI=1S/C11H11FN4O/c1-7-6-8(16(2)15-7)11(17)14-10-5-3-4-9(12)13-10/h3-6H,1-2H3,(H,13,14,17). The Bertz CT molecular complexity index is 564. The molecule has 17 heavy (non-hydrogen) atoms. The second-order valence-electron chi connectivity index (χ2n) is 3.59. The first-order valence-electron chi connectivity index (χ1n) is 5.01. The van der Waals surface area contributed by atoms with Crippen LogP contribution in [0.1, 0.15) is 16.2 Å². The summed E-state index contributed by atoms with van der Waals surface area (Å²) in [5.74, 6) is -0.830. The molecule has 0 aromatic carbocycles. The molecular formula is C11H11FN4O. The average Bonchev–Trinajstić information content (AvgIpc) is 2.58. The Hall–Kier alpha value is -2.24. The van der Waals surface area contributed by atoms with E-state index in [1.807, 2.05) is 0 Å². The van der Waals surface area contributed by atoms with Gasteiger partial charge >= 0.3 is 0 Å². The number of nitrogens with one attached hydrogen (secondary N) is 1. The summed E-state index contributed by atoms with van der Waals surface area (Å²) in [6.45, 7) is 1.79. The molecule has 0 saturated carbocycles. The lowest BCUT2D eigenvalue weighted by atomic mass is 10.3. The van der Waals surface area contributed by atoms with E-state index in [-0.39, 0.29) is 11.7 Å². The number of carbonyl (C=O) groups is 1. The van der Waals surface area contributed by atoms with Crippen molar-refractivity contribution in [2.75, 3.05) is 5.32 Å². The molecule has 0 radical (unpaired) electrons. The quantitative estimate of drug-likeness (QED) is 0.801. The maximum atomic E-state index is 12.8. The molecule has 88 valence electrons. The number of hydrogen-bond donors (Lipinski definition) is 1. The van der Waals surface area contributed by atoms with Gasteiger partial charge in [-0.15, -0.1) is 0 Å². The lowest BCUT2D eigenvalue weighted by Crippen LogP contribution is -2.16. The molecule has 0 aliphatic carbocycles. The summed E-state index contributed by atoms with van der Waals surface area (Å²) in [6, 6.07) is 5.86. The highest BCUT2D eigenvalue weighted by molar-refractivity contribution is 6.02. The van der Waals surface area contributed by atoms with E-state index in [4.69, 9.17) is 0 Å². The number of halogens is 1. The molecule has 6 heteroatoms. The third-order valence-corrected chi connectivity index (χ3v) is 2.19. The number of hydrogen-bond acceptors (Lipinski definition) is 3. The van der Waals surface area contributed by atoms with Crippen molar-refractivity contribution in [1.82, 2.24) is 14.8 Å². The molecule has 2 aromatic heterocycles. The Morgan fingerprint density at radius 3 is 2.82 bits per heavy atom. The number of carbonyl (C=O) groups excluding carboxylic acids is 1. The Labute approximate surface area is 97.3 Å². The van der Waals surface area contributed by atoms with Crippen LogP contribution in [0.25, 0.3) is 0 Å². The number of aryl methyl sites for hydroxylation is 2. The van der Waals surface area contributed by atoms with Crippen molar-refractivity contribution in [2.45, 2.75) is 6.92 Å². The largest absolute Gasteiger partial charge is 0.305 e. The first kappa shape index (κ1) is 11.3. The van der Waals surface area contributed by atoms with Crippen molar-refractivity contribution in [3.8, 4) is 0 Å². The van der Waals surface area contributed by atoms with E-state index in [9.17, 15) is 9.18 Å². The summed E-state index contributed by atoms with van der Waals surface area (Å²) in [7, 11) is 1.67. The van der Waals surface area contributed by atoms with Crippen LogP contribution in [-0.2, 0) is 7.05 Å². The molecule has 1 N–H and O–H groups in total. The monoisotopic (exact) mass is 234 g/mol. The third-order valence-electron chi connectivity index (χ3n) is 2.19. The zero-order valence-electron chi connectivity index (χ0n) is 9.44. The number of aromatic nitrogens is 3. The summed E-state index contributed by atoms with van der Waals surface area (Å²) in [5, 5.41) is 6.55. The molecule has 0 aliphatic heterocycles. The van der Waals surface area contributed by atoms with Gasteiger partial charge in [-0.25, -0.2) is 4.98 Å². The zero-order chi connectivity index (χ0) is 12.4. The summed E-state index contributed by atoms with van der Waals surface area (Å²) < 4.78 is 14.3. The minimum absolute atomic E-state index is 0.175. The normalized spacial score (nSPS) is 10.3. The van der Waals surface area contributed by atoms with Gasteiger partial charge in [0.05, 0.1) is 5.69 Å². The molecule has 0 fully saturated rings. The van der Waals surface area contributed by atoms with Crippen LogP contribution in [0, 0.1) is 12.9 Å². The van der Waals surface area contributed by atoms with Crippen LogP contribution in [0.15, 0.2) is 24.3 Å². The highest BCUT2D eigenvalue weighted by Gasteiger charge is 2.12. The molecule has 0 atom stereocenters. The van der Waals surface area contributed by atoms with Gasteiger partial charge in [-0.2, -0.15) is 9.49 Å². The van der Waals surface area contributed by atoms with Crippen LogP contribution in [0.5, 0.6) is 0 Å². The highest BCUT2D eigenvalue weighted by atomic mass is 19.1. The van der Waals surface area contributed by atoms with Crippen LogP contribution >= 0.6 is 0 Å². The molecule has 0 bridgehead atoms. The molecule has 1 amide bonds. The molecule has 0 unspecified atom stereocenters. The summed E-state index contributed by atoms with van der Waals surface area (Å²) in [5.41, 5.74) is 1.14. The van der Waals surface area contributed by atoms with Crippen LogP contribution in [0.2, 0.25) is 0 Å². The first-order chi connectivity index (χ1) is 8.06. The van der Waals surface area contributed by atoms with Gasteiger partial charge < -0.3 is 5.32 Å².